The van der Waals surface area contributed by atoms with Gasteiger partial charge in [0.2, 0.25) is 0 Å². The number of nitrogens with zero attached hydrogens (tertiary/aromatic N) is 1. The second-order valence-corrected chi connectivity index (χ2v) is 6.43. The molecule has 0 radical (unpaired) electrons. The topological polar surface area (TPSA) is 44.4 Å². The van der Waals surface area contributed by atoms with Crippen molar-refractivity contribution >= 4 is 23.3 Å². The van der Waals surface area contributed by atoms with E-state index in [1.54, 1.807) is 12.1 Å². The van der Waals surface area contributed by atoms with Crippen molar-refractivity contribution in [1.82, 2.24) is 10.2 Å². The summed E-state index contributed by atoms with van der Waals surface area (Å²) in [5, 5.41) is 7.22. The average Bonchev–Trinajstić information content (AvgIpc) is 2.78. The highest BCUT2D eigenvalue weighted by atomic mass is 35.5. The Morgan fingerprint density at radius 1 is 1.38 bits per heavy atom. The van der Waals surface area contributed by atoms with Crippen molar-refractivity contribution in [2.24, 2.45) is 0 Å². The van der Waals surface area contributed by atoms with E-state index in [9.17, 15) is 4.79 Å². The normalized spacial score (nSPS) is 27.4. The van der Waals surface area contributed by atoms with Gasteiger partial charge in [-0.15, -0.1) is 0 Å². The van der Waals surface area contributed by atoms with Crippen LogP contribution in [-0.2, 0) is 0 Å². The van der Waals surface area contributed by atoms with Crippen LogP contribution in [0.25, 0.3) is 0 Å². The SMILES string of the molecule is CCN(C(=O)Nc1cccc(Cl)c1)C1CC2CCC(C1)N2. The van der Waals surface area contributed by atoms with E-state index < -0.39 is 0 Å². The van der Waals surface area contributed by atoms with Crippen molar-refractivity contribution in [3.8, 4) is 0 Å². The molecule has 2 bridgehead atoms. The molecule has 0 aromatic heterocycles. The molecule has 21 heavy (non-hydrogen) atoms. The van der Waals surface area contributed by atoms with Gasteiger partial charge < -0.3 is 15.5 Å². The number of halogens is 1. The van der Waals surface area contributed by atoms with Crippen molar-refractivity contribution in [2.75, 3.05) is 11.9 Å². The number of urea groups is 1. The van der Waals surface area contributed by atoms with Crippen LogP contribution in [0.5, 0.6) is 0 Å². The van der Waals surface area contributed by atoms with Crippen LogP contribution < -0.4 is 10.6 Å². The van der Waals surface area contributed by atoms with Gasteiger partial charge in [0.15, 0.2) is 0 Å². The predicted molar refractivity (Wildman–Crippen MR) is 85.8 cm³/mol. The van der Waals surface area contributed by atoms with Gasteiger partial charge in [-0.25, -0.2) is 4.79 Å². The minimum atomic E-state index is -0.0222. The van der Waals surface area contributed by atoms with E-state index >= 15 is 0 Å². The van der Waals surface area contributed by atoms with Gasteiger partial charge in [-0.1, -0.05) is 17.7 Å². The van der Waals surface area contributed by atoms with Gasteiger partial charge >= 0.3 is 6.03 Å². The van der Waals surface area contributed by atoms with E-state index in [4.69, 9.17) is 11.6 Å². The second-order valence-electron chi connectivity index (χ2n) is 5.99. The van der Waals surface area contributed by atoms with Crippen LogP contribution in [0, 0.1) is 0 Å². The van der Waals surface area contributed by atoms with Crippen molar-refractivity contribution in [3.63, 3.8) is 0 Å². The van der Waals surface area contributed by atoms with Crippen LogP contribution in [0.3, 0.4) is 0 Å². The molecule has 2 unspecified atom stereocenters. The van der Waals surface area contributed by atoms with Crippen LogP contribution in [-0.4, -0.2) is 35.6 Å². The number of benzene rings is 1. The number of carbonyl (C=O) groups excluding carboxylic acids is 1. The lowest BCUT2D eigenvalue weighted by atomic mass is 9.98. The monoisotopic (exact) mass is 307 g/mol. The molecule has 2 aliphatic rings. The molecule has 2 N–H and O–H groups in total. The van der Waals surface area contributed by atoms with Gasteiger partial charge in [-0.05, 0) is 50.8 Å². The van der Waals surface area contributed by atoms with E-state index in [-0.39, 0.29) is 6.03 Å². The molecule has 0 saturated carbocycles. The van der Waals surface area contributed by atoms with Crippen molar-refractivity contribution in [2.45, 2.75) is 50.7 Å². The van der Waals surface area contributed by atoms with Crippen LogP contribution in [0.15, 0.2) is 24.3 Å². The lowest BCUT2D eigenvalue weighted by Crippen LogP contribution is -2.51. The second kappa shape index (κ2) is 6.24. The number of rotatable bonds is 3. The van der Waals surface area contributed by atoms with Crippen LogP contribution >= 0.6 is 11.6 Å². The Labute approximate surface area is 130 Å². The van der Waals surface area contributed by atoms with E-state index in [0.29, 0.717) is 23.1 Å². The summed E-state index contributed by atoms with van der Waals surface area (Å²) >= 11 is 5.96. The Morgan fingerprint density at radius 2 is 2.10 bits per heavy atom. The summed E-state index contributed by atoms with van der Waals surface area (Å²) in [6.45, 7) is 2.78. The third kappa shape index (κ3) is 3.33. The van der Waals surface area contributed by atoms with Gasteiger partial charge in [0.05, 0.1) is 0 Å². The molecular formula is C16H22ClN3O. The molecule has 0 spiro atoms. The van der Waals surface area contributed by atoms with Gasteiger partial charge in [-0.3, -0.25) is 0 Å². The lowest BCUT2D eigenvalue weighted by Gasteiger charge is -2.37. The molecule has 2 aliphatic heterocycles. The summed E-state index contributed by atoms with van der Waals surface area (Å²) in [5.74, 6) is 0. The number of piperidine rings is 1. The third-order valence-corrected chi connectivity index (χ3v) is 4.80. The fourth-order valence-corrected chi connectivity index (χ4v) is 3.80. The van der Waals surface area contributed by atoms with Crippen LogP contribution in [0.4, 0.5) is 10.5 Å². The number of hydrogen-bond donors (Lipinski definition) is 2. The van der Waals surface area contributed by atoms with Crippen molar-refractivity contribution in [3.05, 3.63) is 29.3 Å². The molecule has 2 heterocycles. The van der Waals surface area contributed by atoms with Crippen molar-refractivity contribution < 1.29 is 4.79 Å². The first-order valence-corrected chi connectivity index (χ1v) is 8.12. The number of nitrogens with one attached hydrogen (secondary N) is 2. The van der Waals surface area contributed by atoms with Crippen molar-refractivity contribution in [1.29, 1.82) is 0 Å². The summed E-state index contributed by atoms with van der Waals surface area (Å²) in [5.41, 5.74) is 0.753. The molecule has 5 heteroatoms. The molecular weight excluding hydrogens is 286 g/mol. The largest absolute Gasteiger partial charge is 0.322 e. The molecule has 114 valence electrons. The molecule has 2 saturated heterocycles. The summed E-state index contributed by atoms with van der Waals surface area (Å²) < 4.78 is 0. The highest BCUT2D eigenvalue weighted by molar-refractivity contribution is 6.30. The highest BCUT2D eigenvalue weighted by Gasteiger charge is 2.37. The summed E-state index contributed by atoms with van der Waals surface area (Å²) in [7, 11) is 0. The predicted octanol–water partition coefficient (Wildman–Crippen LogP) is 3.48. The molecule has 2 amide bonds. The fourth-order valence-electron chi connectivity index (χ4n) is 3.61. The zero-order valence-electron chi connectivity index (χ0n) is 12.3. The summed E-state index contributed by atoms with van der Waals surface area (Å²) in [6.07, 6.45) is 4.61. The number of fused-ring (bicyclic) bond motifs is 2. The Balaban J connectivity index is 1.66. The molecule has 0 aliphatic carbocycles. The summed E-state index contributed by atoms with van der Waals surface area (Å²) in [6, 6.07) is 8.78. The quantitative estimate of drug-likeness (QED) is 0.898. The van der Waals surface area contributed by atoms with E-state index in [2.05, 4.69) is 10.6 Å². The van der Waals surface area contributed by atoms with Crippen LogP contribution in [0.2, 0.25) is 5.02 Å². The van der Waals surface area contributed by atoms with E-state index in [1.165, 1.54) is 12.8 Å². The number of amides is 2. The molecule has 1 aromatic carbocycles. The number of anilines is 1. The third-order valence-electron chi connectivity index (χ3n) is 4.57. The Hall–Kier alpha value is -1.26. The Bertz CT molecular complexity index is 510. The number of carbonyl (C=O) groups is 1. The highest BCUT2D eigenvalue weighted by Crippen LogP contribution is 2.30. The average molecular weight is 308 g/mol. The van der Waals surface area contributed by atoms with Gasteiger partial charge in [-0.2, -0.15) is 0 Å². The lowest BCUT2D eigenvalue weighted by molar-refractivity contribution is 0.162. The first-order chi connectivity index (χ1) is 10.2. The minimum Gasteiger partial charge on any atom is -0.322 e. The van der Waals surface area contributed by atoms with Gasteiger partial charge in [0.25, 0.3) is 0 Å². The molecule has 3 rings (SSSR count). The molecule has 1 aromatic rings. The van der Waals surface area contributed by atoms with E-state index in [0.717, 1.165) is 25.1 Å². The first-order valence-electron chi connectivity index (χ1n) is 7.75. The zero-order valence-corrected chi connectivity index (χ0v) is 13.1. The number of hydrogen-bond acceptors (Lipinski definition) is 2. The standard InChI is InChI=1S/C16H22ClN3O/c1-2-20(15-9-13-6-7-14(10-15)18-13)16(21)19-12-5-3-4-11(17)8-12/h3-5,8,13-15,18H,2,6-7,9-10H2,1H3,(H,19,21). The maximum absolute atomic E-state index is 12.5. The Kier molecular flexibility index (Phi) is 4.36. The minimum absolute atomic E-state index is 0.0222. The maximum atomic E-state index is 12.5. The molecule has 4 nitrogen and oxygen atoms in total. The van der Waals surface area contributed by atoms with Crippen LogP contribution in [0.1, 0.15) is 32.6 Å². The fraction of sp³-hybridized carbons (Fsp3) is 0.562. The maximum Gasteiger partial charge on any atom is 0.322 e. The molecule has 2 fully saturated rings. The smallest absolute Gasteiger partial charge is 0.322 e. The van der Waals surface area contributed by atoms with E-state index in [1.807, 2.05) is 24.0 Å². The van der Waals surface area contributed by atoms with Gasteiger partial charge in [0, 0.05) is 35.4 Å². The van der Waals surface area contributed by atoms with Gasteiger partial charge in [0.1, 0.15) is 0 Å². The zero-order chi connectivity index (χ0) is 14.8. The molecule has 2 atom stereocenters. The summed E-state index contributed by atoms with van der Waals surface area (Å²) in [4.78, 5) is 14.5. The first kappa shape index (κ1) is 14.7. The Morgan fingerprint density at radius 3 is 2.71 bits per heavy atom.